The van der Waals surface area contributed by atoms with E-state index < -0.39 is 11.6 Å². The van der Waals surface area contributed by atoms with Gasteiger partial charge in [0.25, 0.3) is 0 Å². The van der Waals surface area contributed by atoms with E-state index in [2.05, 4.69) is 6.92 Å². The SMILES string of the molecule is CCc1ccc(-n2c(N)c(C(=O)OC(C)(C)C)c3nc4ccccc4nc32)cc1. The second-order valence-corrected chi connectivity index (χ2v) is 8.00. The van der Waals surface area contributed by atoms with Gasteiger partial charge in [-0.25, -0.2) is 14.8 Å². The van der Waals surface area contributed by atoms with Gasteiger partial charge in [-0.2, -0.15) is 0 Å². The van der Waals surface area contributed by atoms with Crippen LogP contribution in [0.1, 0.15) is 43.6 Å². The number of carbonyl (C=O) groups is 1. The van der Waals surface area contributed by atoms with Crippen molar-refractivity contribution >= 4 is 34.0 Å². The van der Waals surface area contributed by atoms with Gasteiger partial charge in [-0.3, -0.25) is 4.57 Å². The number of nitrogens with two attached hydrogens (primary N) is 1. The van der Waals surface area contributed by atoms with Crippen molar-refractivity contribution in [1.29, 1.82) is 0 Å². The number of fused-ring (bicyclic) bond motifs is 2. The summed E-state index contributed by atoms with van der Waals surface area (Å²) in [5, 5.41) is 0. The van der Waals surface area contributed by atoms with Gasteiger partial charge in [0.15, 0.2) is 5.65 Å². The number of hydrogen-bond acceptors (Lipinski definition) is 5. The van der Waals surface area contributed by atoms with Crippen molar-refractivity contribution < 1.29 is 9.53 Å². The first-order valence-corrected chi connectivity index (χ1v) is 9.68. The lowest BCUT2D eigenvalue weighted by Crippen LogP contribution is -2.24. The van der Waals surface area contributed by atoms with Crippen molar-refractivity contribution in [3.63, 3.8) is 0 Å². The minimum atomic E-state index is -0.648. The van der Waals surface area contributed by atoms with Gasteiger partial charge in [-0.15, -0.1) is 0 Å². The number of nitrogens with zero attached hydrogens (tertiary/aromatic N) is 3. The van der Waals surface area contributed by atoms with E-state index in [0.29, 0.717) is 16.7 Å². The Labute approximate surface area is 169 Å². The Morgan fingerprint density at radius 2 is 1.66 bits per heavy atom. The predicted octanol–water partition coefficient (Wildman–Crippen LogP) is 4.67. The summed E-state index contributed by atoms with van der Waals surface area (Å²) in [7, 11) is 0. The molecule has 6 heteroatoms. The largest absolute Gasteiger partial charge is 0.456 e. The molecule has 0 aliphatic heterocycles. The number of anilines is 1. The Hall–Kier alpha value is -3.41. The van der Waals surface area contributed by atoms with Gasteiger partial charge in [0, 0.05) is 5.69 Å². The first-order chi connectivity index (χ1) is 13.8. The third kappa shape index (κ3) is 3.42. The number of benzene rings is 2. The summed E-state index contributed by atoms with van der Waals surface area (Å²) < 4.78 is 7.38. The van der Waals surface area contributed by atoms with Crippen molar-refractivity contribution in [2.24, 2.45) is 0 Å². The van der Waals surface area contributed by atoms with Gasteiger partial charge in [-0.05, 0) is 57.0 Å². The molecular weight excluding hydrogens is 364 g/mol. The van der Waals surface area contributed by atoms with Gasteiger partial charge >= 0.3 is 5.97 Å². The fourth-order valence-corrected chi connectivity index (χ4v) is 3.33. The number of aryl methyl sites for hydroxylation is 1. The van der Waals surface area contributed by atoms with Gasteiger partial charge in [0.1, 0.15) is 22.5 Å². The minimum Gasteiger partial charge on any atom is -0.456 e. The molecule has 0 radical (unpaired) electrons. The maximum atomic E-state index is 13.0. The topological polar surface area (TPSA) is 83.0 Å². The maximum Gasteiger partial charge on any atom is 0.344 e. The molecule has 0 saturated carbocycles. The van der Waals surface area contributed by atoms with E-state index >= 15 is 0 Å². The summed E-state index contributed by atoms with van der Waals surface area (Å²) in [6.45, 7) is 7.58. The van der Waals surface area contributed by atoms with Crippen molar-refractivity contribution in [3.8, 4) is 5.69 Å². The second kappa shape index (κ2) is 6.88. The molecule has 29 heavy (non-hydrogen) atoms. The Bertz CT molecular complexity index is 1220. The minimum absolute atomic E-state index is 0.243. The number of aromatic nitrogens is 3. The molecule has 2 aromatic heterocycles. The molecule has 0 aliphatic carbocycles. The van der Waals surface area contributed by atoms with Crippen LogP contribution in [0.25, 0.3) is 27.9 Å². The van der Waals surface area contributed by atoms with Crippen LogP contribution in [0.2, 0.25) is 0 Å². The molecule has 0 spiro atoms. The van der Waals surface area contributed by atoms with Crippen molar-refractivity contribution in [2.45, 2.75) is 39.7 Å². The van der Waals surface area contributed by atoms with Gasteiger partial charge < -0.3 is 10.5 Å². The highest BCUT2D eigenvalue weighted by molar-refractivity contribution is 6.09. The standard InChI is InChI=1S/C23H24N4O2/c1-5-14-10-12-15(13-11-14)27-20(24)18(22(28)29-23(2,3)4)19-21(27)26-17-9-7-6-8-16(17)25-19/h6-13H,5,24H2,1-4H3. The lowest BCUT2D eigenvalue weighted by atomic mass is 10.1. The molecule has 4 aromatic rings. The Kier molecular flexibility index (Phi) is 4.49. The summed E-state index contributed by atoms with van der Waals surface area (Å²) in [6, 6.07) is 15.6. The lowest BCUT2D eigenvalue weighted by molar-refractivity contribution is 0.00728. The average Bonchev–Trinajstić information content (AvgIpc) is 2.95. The van der Waals surface area contributed by atoms with Crippen LogP contribution in [0.3, 0.4) is 0 Å². The molecule has 0 fully saturated rings. The molecule has 2 aromatic carbocycles. The van der Waals surface area contributed by atoms with E-state index in [9.17, 15) is 4.79 Å². The van der Waals surface area contributed by atoms with Gasteiger partial charge in [-0.1, -0.05) is 31.2 Å². The number of ether oxygens (including phenoxy) is 1. The zero-order chi connectivity index (χ0) is 20.8. The fourth-order valence-electron chi connectivity index (χ4n) is 3.33. The smallest absolute Gasteiger partial charge is 0.344 e. The molecule has 148 valence electrons. The Morgan fingerprint density at radius 3 is 2.24 bits per heavy atom. The lowest BCUT2D eigenvalue weighted by Gasteiger charge is -2.19. The summed E-state index contributed by atoms with van der Waals surface area (Å²) in [6.07, 6.45) is 0.940. The van der Waals surface area contributed by atoms with E-state index in [-0.39, 0.29) is 11.4 Å². The predicted molar refractivity (Wildman–Crippen MR) is 115 cm³/mol. The molecule has 4 rings (SSSR count). The number of esters is 1. The van der Waals surface area contributed by atoms with Crippen LogP contribution < -0.4 is 5.73 Å². The highest BCUT2D eigenvalue weighted by Crippen LogP contribution is 2.32. The molecule has 0 atom stereocenters. The van der Waals surface area contributed by atoms with Crippen LogP contribution in [-0.4, -0.2) is 26.1 Å². The molecule has 2 heterocycles. The first-order valence-electron chi connectivity index (χ1n) is 9.68. The van der Waals surface area contributed by atoms with Crippen LogP contribution in [0, 0.1) is 0 Å². The van der Waals surface area contributed by atoms with Crippen LogP contribution in [-0.2, 0) is 11.2 Å². The Balaban J connectivity index is 2.02. The van der Waals surface area contributed by atoms with Crippen molar-refractivity contribution in [1.82, 2.24) is 14.5 Å². The molecular formula is C23H24N4O2. The highest BCUT2D eigenvalue weighted by atomic mass is 16.6. The second-order valence-electron chi connectivity index (χ2n) is 8.00. The molecule has 0 unspecified atom stereocenters. The van der Waals surface area contributed by atoms with E-state index in [1.54, 1.807) is 4.57 Å². The molecule has 2 N–H and O–H groups in total. The number of para-hydroxylation sites is 2. The van der Waals surface area contributed by atoms with Gasteiger partial charge in [0.2, 0.25) is 0 Å². The molecule has 0 aliphatic rings. The molecule has 6 nitrogen and oxygen atoms in total. The summed E-state index contributed by atoms with van der Waals surface area (Å²) >= 11 is 0. The maximum absolute atomic E-state index is 13.0. The normalized spacial score (nSPS) is 11.9. The van der Waals surface area contributed by atoms with Crippen molar-refractivity contribution in [3.05, 3.63) is 59.7 Å². The van der Waals surface area contributed by atoms with Crippen LogP contribution in [0.4, 0.5) is 5.82 Å². The highest BCUT2D eigenvalue weighted by Gasteiger charge is 2.28. The number of hydrogen-bond donors (Lipinski definition) is 1. The quantitative estimate of drug-likeness (QED) is 0.516. The fraction of sp³-hybridized carbons (Fsp3) is 0.261. The van der Waals surface area contributed by atoms with E-state index in [1.165, 1.54) is 5.56 Å². The van der Waals surface area contributed by atoms with Gasteiger partial charge in [0.05, 0.1) is 11.0 Å². The van der Waals surface area contributed by atoms with Crippen LogP contribution >= 0.6 is 0 Å². The van der Waals surface area contributed by atoms with E-state index in [1.807, 2.05) is 69.3 Å². The summed E-state index contributed by atoms with van der Waals surface area (Å²) in [4.78, 5) is 22.5. The third-order valence-electron chi connectivity index (χ3n) is 4.70. The third-order valence-corrected chi connectivity index (χ3v) is 4.70. The average molecular weight is 388 g/mol. The molecule has 0 amide bonds. The van der Waals surface area contributed by atoms with Crippen LogP contribution in [0.5, 0.6) is 0 Å². The van der Waals surface area contributed by atoms with Crippen molar-refractivity contribution in [2.75, 3.05) is 5.73 Å². The number of carbonyl (C=O) groups excluding carboxylic acids is 1. The Morgan fingerprint density at radius 1 is 1.03 bits per heavy atom. The number of rotatable bonds is 3. The zero-order valence-electron chi connectivity index (χ0n) is 17.1. The van der Waals surface area contributed by atoms with Crippen LogP contribution in [0.15, 0.2) is 48.5 Å². The zero-order valence-corrected chi connectivity index (χ0v) is 17.1. The molecule has 0 bridgehead atoms. The monoisotopic (exact) mass is 388 g/mol. The first kappa shape index (κ1) is 18.9. The van der Waals surface area contributed by atoms with E-state index in [0.717, 1.165) is 17.6 Å². The summed E-state index contributed by atoms with van der Waals surface area (Å²) in [5.41, 5.74) is 10.5. The number of nitrogen functional groups attached to an aromatic ring is 1. The summed E-state index contributed by atoms with van der Waals surface area (Å²) in [5.74, 6) is -0.234. The van der Waals surface area contributed by atoms with E-state index in [4.69, 9.17) is 20.4 Å². The molecule has 0 saturated heterocycles.